The highest BCUT2D eigenvalue weighted by atomic mass is 32.2. The van der Waals surface area contributed by atoms with Gasteiger partial charge in [-0.05, 0) is 55.3 Å². The SMILES string of the molecule is OC(CCCCCCO[S+](c1ccccc1)c1ccccc1)c1cc(F)ccc1F. The second kappa shape index (κ2) is 11.8. The maximum atomic E-state index is 13.7. The highest BCUT2D eigenvalue weighted by molar-refractivity contribution is 7.92. The van der Waals surface area contributed by atoms with E-state index in [1.807, 2.05) is 36.4 Å². The van der Waals surface area contributed by atoms with E-state index < -0.39 is 28.9 Å². The Hall–Kier alpha value is -2.21. The monoisotopic (exact) mass is 429 g/mol. The summed E-state index contributed by atoms with van der Waals surface area (Å²) < 4.78 is 33.2. The Labute approximate surface area is 180 Å². The van der Waals surface area contributed by atoms with Gasteiger partial charge in [-0.25, -0.2) is 8.78 Å². The first-order valence-electron chi connectivity index (χ1n) is 10.3. The van der Waals surface area contributed by atoms with Gasteiger partial charge in [-0.3, -0.25) is 0 Å². The molecule has 0 fully saturated rings. The summed E-state index contributed by atoms with van der Waals surface area (Å²) >= 11 is -0.413. The van der Waals surface area contributed by atoms with Gasteiger partial charge in [0.25, 0.3) is 0 Å². The Bertz CT molecular complexity index is 851. The molecule has 0 saturated carbocycles. The summed E-state index contributed by atoms with van der Waals surface area (Å²) in [4.78, 5) is 2.31. The average Bonchev–Trinajstić information content (AvgIpc) is 2.78. The molecule has 0 aliphatic heterocycles. The van der Waals surface area contributed by atoms with Crippen LogP contribution >= 0.6 is 0 Å². The van der Waals surface area contributed by atoms with E-state index in [0.29, 0.717) is 13.0 Å². The van der Waals surface area contributed by atoms with Crippen LogP contribution in [0.1, 0.15) is 43.8 Å². The van der Waals surface area contributed by atoms with Crippen LogP contribution in [0, 0.1) is 11.6 Å². The molecule has 0 aromatic heterocycles. The van der Waals surface area contributed by atoms with Crippen molar-refractivity contribution < 1.29 is 18.1 Å². The summed E-state index contributed by atoms with van der Waals surface area (Å²) in [5, 5.41) is 10.1. The molecule has 3 rings (SSSR count). The molecule has 0 saturated heterocycles. The molecule has 0 aliphatic rings. The highest BCUT2D eigenvalue weighted by Crippen LogP contribution is 2.26. The predicted octanol–water partition coefficient (Wildman–Crippen LogP) is 6.62. The van der Waals surface area contributed by atoms with Gasteiger partial charge in [0.1, 0.15) is 18.2 Å². The molecular formula is C25H27F2O2S+. The van der Waals surface area contributed by atoms with E-state index in [9.17, 15) is 13.9 Å². The summed E-state index contributed by atoms with van der Waals surface area (Å²) in [6, 6.07) is 23.6. The van der Waals surface area contributed by atoms with Crippen molar-refractivity contribution in [1.82, 2.24) is 0 Å². The third-order valence-corrected chi connectivity index (χ3v) is 6.61. The van der Waals surface area contributed by atoms with Crippen molar-refractivity contribution in [3.05, 3.63) is 96.1 Å². The minimum Gasteiger partial charge on any atom is -0.388 e. The number of rotatable bonds is 11. The Morgan fingerprint density at radius 1 is 0.767 bits per heavy atom. The van der Waals surface area contributed by atoms with Crippen LogP contribution < -0.4 is 0 Å². The molecule has 0 aliphatic carbocycles. The number of halogens is 2. The molecule has 3 aromatic rings. The standard InChI is InChI=1S/C25H27F2O2S/c26-20-16-17-24(27)23(19-20)25(28)15-9-1-2-10-18-29-30(21-11-5-3-6-12-21)22-13-7-4-8-14-22/h3-8,11-14,16-17,19,25,28H,1-2,9-10,15,18H2/q+1. The molecule has 1 N–H and O–H groups in total. The molecule has 3 aromatic carbocycles. The van der Waals surface area contributed by atoms with Gasteiger partial charge in [0.15, 0.2) is 9.79 Å². The van der Waals surface area contributed by atoms with Crippen molar-refractivity contribution in [3.8, 4) is 0 Å². The number of aliphatic hydroxyl groups excluding tert-OH is 1. The Morgan fingerprint density at radius 3 is 2.00 bits per heavy atom. The molecule has 0 bridgehead atoms. The van der Waals surface area contributed by atoms with Gasteiger partial charge in [-0.15, -0.1) is 0 Å². The zero-order valence-corrected chi connectivity index (χ0v) is 17.7. The van der Waals surface area contributed by atoms with Crippen molar-refractivity contribution in [3.63, 3.8) is 0 Å². The summed E-state index contributed by atoms with van der Waals surface area (Å²) in [6.45, 7) is 0.647. The molecule has 2 nitrogen and oxygen atoms in total. The molecule has 0 radical (unpaired) electrons. The topological polar surface area (TPSA) is 29.5 Å². The van der Waals surface area contributed by atoms with Gasteiger partial charge in [-0.2, -0.15) is 4.18 Å². The number of hydrogen-bond donors (Lipinski definition) is 1. The summed E-state index contributed by atoms with van der Waals surface area (Å²) in [7, 11) is 0. The first-order chi connectivity index (χ1) is 14.6. The molecule has 1 unspecified atom stereocenters. The minimum absolute atomic E-state index is 0.0353. The van der Waals surface area contributed by atoms with Crippen LogP contribution in [0.5, 0.6) is 0 Å². The van der Waals surface area contributed by atoms with Gasteiger partial charge in [0.05, 0.1) is 6.10 Å². The van der Waals surface area contributed by atoms with E-state index in [-0.39, 0.29) is 5.56 Å². The maximum Gasteiger partial charge on any atom is 0.222 e. The average molecular weight is 430 g/mol. The quantitative estimate of drug-likeness (QED) is 0.274. The molecule has 1 atom stereocenters. The van der Waals surface area contributed by atoms with E-state index in [1.165, 1.54) is 0 Å². The van der Waals surface area contributed by atoms with Crippen LogP contribution in [0.2, 0.25) is 0 Å². The van der Waals surface area contributed by atoms with E-state index in [2.05, 4.69) is 24.3 Å². The van der Waals surface area contributed by atoms with E-state index >= 15 is 0 Å². The van der Waals surface area contributed by atoms with Crippen LogP contribution in [-0.4, -0.2) is 11.7 Å². The van der Waals surface area contributed by atoms with Gasteiger partial charge < -0.3 is 5.11 Å². The summed E-state index contributed by atoms with van der Waals surface area (Å²) in [5.74, 6) is -1.10. The van der Waals surface area contributed by atoms with Crippen LogP contribution in [0.4, 0.5) is 8.78 Å². The number of aliphatic hydroxyl groups is 1. The zero-order chi connectivity index (χ0) is 21.2. The fraction of sp³-hybridized carbons (Fsp3) is 0.280. The van der Waals surface area contributed by atoms with Crippen molar-refractivity contribution in [2.75, 3.05) is 6.61 Å². The van der Waals surface area contributed by atoms with Crippen molar-refractivity contribution >= 4 is 11.2 Å². The number of benzene rings is 3. The lowest BCUT2D eigenvalue weighted by Crippen LogP contribution is -2.09. The molecule has 0 spiro atoms. The maximum absolute atomic E-state index is 13.7. The van der Waals surface area contributed by atoms with E-state index in [1.54, 1.807) is 0 Å². The fourth-order valence-corrected chi connectivity index (χ4v) is 4.86. The summed E-state index contributed by atoms with van der Waals surface area (Å²) in [5.41, 5.74) is 0.0353. The molecule has 0 heterocycles. The Kier molecular flexibility index (Phi) is 8.87. The lowest BCUT2D eigenvalue weighted by Gasteiger charge is -2.12. The van der Waals surface area contributed by atoms with Gasteiger partial charge in [0.2, 0.25) is 11.2 Å². The summed E-state index contributed by atoms with van der Waals surface area (Å²) in [6.07, 6.45) is 2.97. The second-order valence-electron chi connectivity index (χ2n) is 7.10. The molecule has 5 heteroatoms. The number of unbranched alkanes of at least 4 members (excludes halogenated alkanes) is 3. The van der Waals surface area contributed by atoms with Crippen LogP contribution in [-0.2, 0) is 15.4 Å². The van der Waals surface area contributed by atoms with Crippen LogP contribution in [0.15, 0.2) is 88.7 Å². The predicted molar refractivity (Wildman–Crippen MR) is 117 cm³/mol. The normalized spacial score (nSPS) is 12.3. The molecule has 158 valence electrons. The van der Waals surface area contributed by atoms with Crippen LogP contribution in [0.25, 0.3) is 0 Å². The number of hydrogen-bond acceptors (Lipinski definition) is 2. The van der Waals surface area contributed by atoms with Crippen molar-refractivity contribution in [2.24, 2.45) is 0 Å². The second-order valence-corrected chi connectivity index (χ2v) is 8.82. The Morgan fingerprint density at radius 2 is 1.37 bits per heavy atom. The zero-order valence-electron chi connectivity index (χ0n) is 16.8. The molecule has 30 heavy (non-hydrogen) atoms. The first-order valence-corrected chi connectivity index (χ1v) is 11.4. The van der Waals surface area contributed by atoms with Crippen molar-refractivity contribution in [1.29, 1.82) is 0 Å². The lowest BCUT2D eigenvalue weighted by molar-refractivity contribution is 0.158. The Balaban J connectivity index is 1.41. The third kappa shape index (κ3) is 6.66. The molecular weight excluding hydrogens is 402 g/mol. The minimum atomic E-state index is -0.973. The van der Waals surface area contributed by atoms with Crippen molar-refractivity contribution in [2.45, 2.75) is 48.0 Å². The van der Waals surface area contributed by atoms with E-state index in [0.717, 1.165) is 53.7 Å². The van der Waals surface area contributed by atoms with Gasteiger partial charge in [-0.1, -0.05) is 55.7 Å². The fourth-order valence-electron chi connectivity index (χ4n) is 3.22. The van der Waals surface area contributed by atoms with Gasteiger partial charge >= 0.3 is 0 Å². The smallest absolute Gasteiger partial charge is 0.222 e. The van der Waals surface area contributed by atoms with Gasteiger partial charge in [0, 0.05) is 5.56 Å². The largest absolute Gasteiger partial charge is 0.388 e. The van der Waals surface area contributed by atoms with Crippen LogP contribution in [0.3, 0.4) is 0 Å². The lowest BCUT2D eigenvalue weighted by atomic mass is 10.0. The third-order valence-electron chi connectivity index (χ3n) is 4.80. The molecule has 0 amide bonds. The highest BCUT2D eigenvalue weighted by Gasteiger charge is 2.27. The van der Waals surface area contributed by atoms with E-state index in [4.69, 9.17) is 4.18 Å². The first kappa shape index (κ1) is 22.5.